The summed E-state index contributed by atoms with van der Waals surface area (Å²) in [5.41, 5.74) is 1.36. The van der Waals surface area contributed by atoms with Gasteiger partial charge >= 0.3 is 0 Å². The fourth-order valence-electron chi connectivity index (χ4n) is 2.77. The van der Waals surface area contributed by atoms with Crippen molar-refractivity contribution in [3.63, 3.8) is 0 Å². The van der Waals surface area contributed by atoms with Crippen molar-refractivity contribution >= 4 is 11.8 Å². The molecular formula is C15H21NOS. The van der Waals surface area contributed by atoms with Crippen molar-refractivity contribution < 1.29 is 4.74 Å². The molecular weight excluding hydrogens is 242 g/mol. The van der Waals surface area contributed by atoms with E-state index in [4.69, 9.17) is 4.74 Å². The molecule has 3 rings (SSSR count). The van der Waals surface area contributed by atoms with E-state index in [1.54, 1.807) is 0 Å². The molecule has 0 radical (unpaired) electrons. The van der Waals surface area contributed by atoms with Gasteiger partial charge in [0.1, 0.15) is 11.9 Å². The molecule has 0 aromatic heterocycles. The first-order valence-corrected chi connectivity index (χ1v) is 8.10. The summed E-state index contributed by atoms with van der Waals surface area (Å²) in [7, 11) is 0. The van der Waals surface area contributed by atoms with Gasteiger partial charge < -0.3 is 10.1 Å². The highest BCUT2D eigenvalue weighted by atomic mass is 32.2. The zero-order chi connectivity index (χ0) is 12.2. The second-order valence-corrected chi connectivity index (χ2v) is 6.49. The highest BCUT2D eigenvalue weighted by molar-refractivity contribution is 7.99. The maximum atomic E-state index is 5.93. The number of benzene rings is 1. The molecule has 1 N–H and O–H groups in total. The van der Waals surface area contributed by atoms with E-state index >= 15 is 0 Å². The molecule has 1 unspecified atom stereocenters. The first-order valence-electron chi connectivity index (χ1n) is 6.95. The number of fused-ring (bicyclic) bond motifs is 1. The van der Waals surface area contributed by atoms with E-state index in [1.165, 1.54) is 29.9 Å². The molecule has 0 amide bonds. The standard InChI is InChI=1S/C15H21NOS/c1-2-4-15-13(3-1)9-14(17-15)11-16-10-12-5-7-18-8-6-12/h1-4,12,14,16H,5-11H2. The van der Waals surface area contributed by atoms with Crippen molar-refractivity contribution in [1.82, 2.24) is 5.32 Å². The van der Waals surface area contributed by atoms with Crippen molar-refractivity contribution in [2.24, 2.45) is 5.92 Å². The maximum Gasteiger partial charge on any atom is 0.123 e. The summed E-state index contributed by atoms with van der Waals surface area (Å²) in [6.07, 6.45) is 4.15. The zero-order valence-electron chi connectivity index (χ0n) is 10.7. The van der Waals surface area contributed by atoms with Gasteiger partial charge in [-0.1, -0.05) is 18.2 Å². The summed E-state index contributed by atoms with van der Waals surface area (Å²) in [6, 6.07) is 8.40. The molecule has 1 fully saturated rings. The van der Waals surface area contributed by atoms with Gasteiger partial charge in [-0.25, -0.2) is 0 Å². The van der Waals surface area contributed by atoms with E-state index in [1.807, 2.05) is 6.07 Å². The number of thioether (sulfide) groups is 1. The third-order valence-electron chi connectivity index (χ3n) is 3.86. The Balaban J connectivity index is 1.40. The maximum absolute atomic E-state index is 5.93. The quantitative estimate of drug-likeness (QED) is 0.902. The molecule has 1 atom stereocenters. The Bertz CT molecular complexity index is 365. The van der Waals surface area contributed by atoms with Gasteiger partial charge in [-0.3, -0.25) is 0 Å². The second-order valence-electron chi connectivity index (χ2n) is 5.27. The number of nitrogens with one attached hydrogen (secondary N) is 1. The summed E-state index contributed by atoms with van der Waals surface area (Å²) in [6.45, 7) is 2.15. The molecule has 18 heavy (non-hydrogen) atoms. The van der Waals surface area contributed by atoms with Crippen molar-refractivity contribution in [1.29, 1.82) is 0 Å². The van der Waals surface area contributed by atoms with Crippen LogP contribution in [0.25, 0.3) is 0 Å². The lowest BCUT2D eigenvalue weighted by Gasteiger charge is -2.22. The molecule has 0 saturated carbocycles. The highest BCUT2D eigenvalue weighted by Gasteiger charge is 2.22. The van der Waals surface area contributed by atoms with Gasteiger partial charge in [0.05, 0.1) is 0 Å². The molecule has 0 bridgehead atoms. The lowest BCUT2D eigenvalue weighted by atomic mass is 10.0. The Kier molecular flexibility index (Phi) is 4.11. The molecule has 0 aliphatic carbocycles. The van der Waals surface area contributed by atoms with E-state index in [0.29, 0.717) is 6.10 Å². The van der Waals surface area contributed by atoms with Gasteiger partial charge in [0, 0.05) is 13.0 Å². The fraction of sp³-hybridized carbons (Fsp3) is 0.600. The van der Waals surface area contributed by atoms with E-state index in [2.05, 4.69) is 35.3 Å². The summed E-state index contributed by atoms with van der Waals surface area (Å²) in [5, 5.41) is 3.60. The summed E-state index contributed by atoms with van der Waals surface area (Å²) >= 11 is 2.10. The number of rotatable bonds is 4. The predicted molar refractivity (Wildman–Crippen MR) is 77.5 cm³/mol. The van der Waals surface area contributed by atoms with Crippen molar-refractivity contribution in [3.05, 3.63) is 29.8 Å². The van der Waals surface area contributed by atoms with Crippen LogP contribution < -0.4 is 10.1 Å². The largest absolute Gasteiger partial charge is 0.488 e. The minimum Gasteiger partial charge on any atom is -0.488 e. The average Bonchev–Trinajstić information content (AvgIpc) is 2.82. The fourth-order valence-corrected chi connectivity index (χ4v) is 3.97. The van der Waals surface area contributed by atoms with Crippen molar-refractivity contribution in [3.8, 4) is 5.75 Å². The van der Waals surface area contributed by atoms with Crippen LogP contribution in [0.2, 0.25) is 0 Å². The minimum atomic E-state index is 0.334. The van der Waals surface area contributed by atoms with Crippen LogP contribution in [0.3, 0.4) is 0 Å². The van der Waals surface area contributed by atoms with Crippen LogP contribution in [0.1, 0.15) is 18.4 Å². The first kappa shape index (κ1) is 12.4. The van der Waals surface area contributed by atoms with Crippen LogP contribution >= 0.6 is 11.8 Å². The van der Waals surface area contributed by atoms with Crippen LogP contribution in [-0.2, 0) is 6.42 Å². The van der Waals surface area contributed by atoms with Crippen molar-refractivity contribution in [2.45, 2.75) is 25.4 Å². The molecule has 2 heterocycles. The van der Waals surface area contributed by atoms with Crippen LogP contribution in [0.5, 0.6) is 5.75 Å². The number of hydrogen-bond donors (Lipinski definition) is 1. The molecule has 3 heteroatoms. The average molecular weight is 263 g/mol. The third-order valence-corrected chi connectivity index (χ3v) is 4.91. The lowest BCUT2D eigenvalue weighted by molar-refractivity contribution is 0.224. The van der Waals surface area contributed by atoms with Gasteiger partial charge in [0.15, 0.2) is 0 Å². The van der Waals surface area contributed by atoms with Crippen LogP contribution in [0.4, 0.5) is 0 Å². The lowest BCUT2D eigenvalue weighted by Crippen LogP contribution is -2.34. The van der Waals surface area contributed by atoms with Gasteiger partial charge in [0.25, 0.3) is 0 Å². The molecule has 2 nitrogen and oxygen atoms in total. The molecule has 0 spiro atoms. The van der Waals surface area contributed by atoms with E-state index < -0.39 is 0 Å². The summed E-state index contributed by atoms with van der Waals surface area (Å²) in [5.74, 6) is 4.66. The van der Waals surface area contributed by atoms with Gasteiger partial charge in [-0.15, -0.1) is 0 Å². The molecule has 1 aromatic carbocycles. The molecule has 2 aliphatic rings. The minimum absolute atomic E-state index is 0.334. The number of para-hydroxylation sites is 1. The zero-order valence-corrected chi connectivity index (χ0v) is 11.5. The second kappa shape index (κ2) is 5.98. The third kappa shape index (κ3) is 3.01. The summed E-state index contributed by atoms with van der Waals surface area (Å²) in [4.78, 5) is 0. The topological polar surface area (TPSA) is 21.3 Å². The Labute approximate surface area is 113 Å². The smallest absolute Gasteiger partial charge is 0.123 e. The van der Waals surface area contributed by atoms with E-state index in [-0.39, 0.29) is 0 Å². The van der Waals surface area contributed by atoms with E-state index in [0.717, 1.165) is 31.2 Å². The normalized spacial score (nSPS) is 23.7. The van der Waals surface area contributed by atoms with Gasteiger partial charge in [0.2, 0.25) is 0 Å². The van der Waals surface area contributed by atoms with Crippen molar-refractivity contribution in [2.75, 3.05) is 24.6 Å². The van der Waals surface area contributed by atoms with E-state index in [9.17, 15) is 0 Å². The monoisotopic (exact) mass is 263 g/mol. The molecule has 98 valence electrons. The Hall–Kier alpha value is -0.670. The molecule has 1 saturated heterocycles. The number of ether oxygens (including phenoxy) is 1. The number of hydrogen-bond acceptors (Lipinski definition) is 3. The Morgan fingerprint density at radius 1 is 1.17 bits per heavy atom. The van der Waals surface area contributed by atoms with Crippen LogP contribution in [0, 0.1) is 5.92 Å². The predicted octanol–water partition coefficient (Wildman–Crippen LogP) is 2.72. The summed E-state index contributed by atoms with van der Waals surface area (Å²) < 4.78 is 5.93. The van der Waals surface area contributed by atoms with Crippen LogP contribution in [0.15, 0.2) is 24.3 Å². The Morgan fingerprint density at radius 3 is 2.83 bits per heavy atom. The SMILES string of the molecule is c1ccc2c(c1)CC(CNCC1CCSCC1)O2. The van der Waals surface area contributed by atoms with Crippen LogP contribution in [-0.4, -0.2) is 30.7 Å². The molecule has 1 aromatic rings. The van der Waals surface area contributed by atoms with Gasteiger partial charge in [-0.05, 0) is 48.4 Å². The highest BCUT2D eigenvalue weighted by Crippen LogP contribution is 2.28. The first-order chi connectivity index (χ1) is 8.92. The Morgan fingerprint density at radius 2 is 2.00 bits per heavy atom. The molecule has 2 aliphatic heterocycles. The van der Waals surface area contributed by atoms with Gasteiger partial charge in [-0.2, -0.15) is 11.8 Å².